The number of amides is 1. The minimum absolute atomic E-state index is 0.0558. The molecule has 1 heterocycles. The maximum atomic E-state index is 12.9. The monoisotopic (exact) mass is 268 g/mol. The molecule has 0 fully saturated rings. The van der Waals surface area contributed by atoms with Crippen LogP contribution in [0.4, 0.5) is 4.39 Å². The summed E-state index contributed by atoms with van der Waals surface area (Å²) in [5, 5.41) is 12.7. The number of rotatable bonds is 6. The fourth-order valence-corrected chi connectivity index (χ4v) is 1.42. The highest BCUT2D eigenvalue weighted by atomic mass is 19.1. The summed E-state index contributed by atoms with van der Waals surface area (Å²) in [6.07, 6.45) is 3.35. The molecule has 0 aliphatic carbocycles. The molecule has 1 rings (SSSR count). The predicted octanol–water partition coefficient (Wildman–Crippen LogP) is 1.68. The van der Waals surface area contributed by atoms with Gasteiger partial charge in [0.15, 0.2) is 0 Å². The maximum absolute atomic E-state index is 12.9. The lowest BCUT2D eigenvalue weighted by Crippen LogP contribution is -2.44. The van der Waals surface area contributed by atoms with Crippen molar-refractivity contribution in [3.05, 3.63) is 29.8 Å². The van der Waals surface area contributed by atoms with E-state index in [0.29, 0.717) is 12.0 Å². The molecule has 106 valence electrons. The average molecular weight is 268 g/mol. The summed E-state index contributed by atoms with van der Waals surface area (Å²) < 4.78 is 12.9. The van der Waals surface area contributed by atoms with Gasteiger partial charge in [-0.05, 0) is 30.9 Å². The fraction of sp³-hybridized carbons (Fsp3) is 0.571. The minimum atomic E-state index is -0.921. The first-order valence-electron chi connectivity index (χ1n) is 6.40. The standard InChI is InChI=1S/C14H21FN2O2/c1-10(2)14(3,19)9-17-13(18)5-4-11-6-12(15)8-16-7-11/h6-8,10,19H,4-5,9H2,1-3H3,(H,17,18). The summed E-state index contributed by atoms with van der Waals surface area (Å²) in [5.41, 5.74) is -0.235. The van der Waals surface area contributed by atoms with Gasteiger partial charge in [-0.1, -0.05) is 13.8 Å². The van der Waals surface area contributed by atoms with E-state index in [2.05, 4.69) is 10.3 Å². The highest BCUT2D eigenvalue weighted by molar-refractivity contribution is 5.76. The molecule has 1 aromatic rings. The number of pyridine rings is 1. The van der Waals surface area contributed by atoms with Crippen LogP contribution in [-0.4, -0.2) is 28.1 Å². The third-order valence-electron chi connectivity index (χ3n) is 3.29. The second-order valence-electron chi connectivity index (χ2n) is 5.30. The van der Waals surface area contributed by atoms with Crippen molar-refractivity contribution >= 4 is 5.91 Å². The first kappa shape index (κ1) is 15.6. The van der Waals surface area contributed by atoms with Crippen LogP contribution in [0.3, 0.4) is 0 Å². The molecule has 0 saturated carbocycles. The van der Waals surface area contributed by atoms with Crippen molar-refractivity contribution in [3.8, 4) is 0 Å². The summed E-state index contributed by atoms with van der Waals surface area (Å²) >= 11 is 0. The maximum Gasteiger partial charge on any atom is 0.220 e. The normalized spacial score (nSPS) is 14.2. The molecule has 0 radical (unpaired) electrons. The van der Waals surface area contributed by atoms with Crippen LogP contribution >= 0.6 is 0 Å². The SMILES string of the molecule is CC(C)C(C)(O)CNC(=O)CCc1cncc(F)c1. The Morgan fingerprint density at radius 1 is 1.53 bits per heavy atom. The van der Waals surface area contributed by atoms with Gasteiger partial charge in [-0.25, -0.2) is 4.39 Å². The van der Waals surface area contributed by atoms with E-state index in [4.69, 9.17) is 0 Å². The zero-order valence-corrected chi connectivity index (χ0v) is 11.6. The van der Waals surface area contributed by atoms with Crippen LogP contribution in [0.5, 0.6) is 0 Å². The van der Waals surface area contributed by atoms with Gasteiger partial charge in [0.1, 0.15) is 5.82 Å². The molecule has 5 heteroatoms. The predicted molar refractivity (Wildman–Crippen MR) is 71.0 cm³/mol. The number of hydrogen-bond acceptors (Lipinski definition) is 3. The van der Waals surface area contributed by atoms with E-state index >= 15 is 0 Å². The summed E-state index contributed by atoms with van der Waals surface area (Å²) in [6, 6.07) is 1.37. The van der Waals surface area contributed by atoms with Gasteiger partial charge in [0, 0.05) is 19.2 Å². The lowest BCUT2D eigenvalue weighted by molar-refractivity contribution is -0.122. The number of aromatic nitrogens is 1. The minimum Gasteiger partial charge on any atom is -0.388 e. The van der Waals surface area contributed by atoms with Gasteiger partial charge in [0.25, 0.3) is 0 Å². The number of aliphatic hydroxyl groups is 1. The second kappa shape index (κ2) is 6.61. The van der Waals surface area contributed by atoms with Gasteiger partial charge in [-0.3, -0.25) is 9.78 Å². The number of nitrogens with one attached hydrogen (secondary N) is 1. The van der Waals surface area contributed by atoms with Crippen molar-refractivity contribution in [2.24, 2.45) is 5.92 Å². The third kappa shape index (κ3) is 5.34. The quantitative estimate of drug-likeness (QED) is 0.825. The number of carbonyl (C=O) groups is 1. The van der Waals surface area contributed by atoms with Crippen molar-refractivity contribution in [2.75, 3.05) is 6.54 Å². The van der Waals surface area contributed by atoms with E-state index in [1.54, 1.807) is 13.1 Å². The molecule has 1 aromatic heterocycles. The average Bonchev–Trinajstić information content (AvgIpc) is 2.34. The van der Waals surface area contributed by atoms with E-state index < -0.39 is 11.4 Å². The Hall–Kier alpha value is -1.49. The molecule has 4 nitrogen and oxygen atoms in total. The largest absolute Gasteiger partial charge is 0.388 e. The van der Waals surface area contributed by atoms with Crippen LogP contribution in [0.1, 0.15) is 32.8 Å². The topological polar surface area (TPSA) is 62.2 Å². The molecule has 0 bridgehead atoms. The van der Waals surface area contributed by atoms with Crippen molar-refractivity contribution in [2.45, 2.75) is 39.2 Å². The van der Waals surface area contributed by atoms with Gasteiger partial charge < -0.3 is 10.4 Å². The highest BCUT2D eigenvalue weighted by Gasteiger charge is 2.25. The molecular formula is C14H21FN2O2. The summed E-state index contributed by atoms with van der Waals surface area (Å²) in [4.78, 5) is 15.4. The number of aryl methyl sites for hydroxylation is 1. The molecule has 2 N–H and O–H groups in total. The number of carbonyl (C=O) groups excluding carboxylic acids is 1. The van der Waals surface area contributed by atoms with Gasteiger partial charge in [-0.2, -0.15) is 0 Å². The van der Waals surface area contributed by atoms with E-state index in [1.807, 2.05) is 13.8 Å². The molecule has 0 spiro atoms. The van der Waals surface area contributed by atoms with Gasteiger partial charge in [0.05, 0.1) is 11.8 Å². The van der Waals surface area contributed by atoms with Gasteiger partial charge >= 0.3 is 0 Å². The van der Waals surface area contributed by atoms with Crippen LogP contribution in [0.25, 0.3) is 0 Å². The molecule has 19 heavy (non-hydrogen) atoms. The zero-order valence-electron chi connectivity index (χ0n) is 11.6. The lowest BCUT2D eigenvalue weighted by atomic mass is 9.92. The Balaban J connectivity index is 2.36. The van der Waals surface area contributed by atoms with E-state index in [0.717, 1.165) is 6.20 Å². The van der Waals surface area contributed by atoms with Crippen molar-refractivity contribution in [1.29, 1.82) is 0 Å². The van der Waals surface area contributed by atoms with Crippen LogP contribution in [0.15, 0.2) is 18.5 Å². The number of halogens is 1. The fourth-order valence-electron chi connectivity index (χ4n) is 1.42. The first-order chi connectivity index (χ1) is 8.81. The Labute approximate surface area is 113 Å². The first-order valence-corrected chi connectivity index (χ1v) is 6.40. The molecule has 1 amide bonds. The molecule has 1 atom stereocenters. The molecule has 0 aliphatic heterocycles. The highest BCUT2D eigenvalue weighted by Crippen LogP contribution is 2.14. The Morgan fingerprint density at radius 2 is 2.21 bits per heavy atom. The van der Waals surface area contributed by atoms with E-state index in [9.17, 15) is 14.3 Å². The molecule has 1 unspecified atom stereocenters. The lowest BCUT2D eigenvalue weighted by Gasteiger charge is -2.27. The van der Waals surface area contributed by atoms with Crippen LogP contribution in [0.2, 0.25) is 0 Å². The summed E-state index contributed by atoms with van der Waals surface area (Å²) in [6.45, 7) is 5.69. The molecular weight excluding hydrogens is 247 g/mol. The van der Waals surface area contributed by atoms with Crippen molar-refractivity contribution in [1.82, 2.24) is 10.3 Å². The summed E-state index contributed by atoms with van der Waals surface area (Å²) in [7, 11) is 0. The smallest absolute Gasteiger partial charge is 0.220 e. The zero-order chi connectivity index (χ0) is 14.5. The number of nitrogens with zero attached hydrogens (tertiary/aromatic N) is 1. The Kier molecular flexibility index (Phi) is 5.42. The Bertz CT molecular complexity index is 433. The van der Waals surface area contributed by atoms with Gasteiger partial charge in [-0.15, -0.1) is 0 Å². The second-order valence-corrected chi connectivity index (χ2v) is 5.30. The third-order valence-corrected chi connectivity index (χ3v) is 3.29. The molecule has 0 aromatic carbocycles. The summed E-state index contributed by atoms with van der Waals surface area (Å²) in [5.74, 6) is -0.508. The van der Waals surface area contributed by atoms with E-state index in [-0.39, 0.29) is 24.8 Å². The van der Waals surface area contributed by atoms with Crippen LogP contribution in [0, 0.1) is 11.7 Å². The van der Waals surface area contributed by atoms with E-state index in [1.165, 1.54) is 6.07 Å². The Morgan fingerprint density at radius 3 is 2.79 bits per heavy atom. The van der Waals surface area contributed by atoms with Crippen LogP contribution in [-0.2, 0) is 11.2 Å². The van der Waals surface area contributed by atoms with Crippen molar-refractivity contribution in [3.63, 3.8) is 0 Å². The van der Waals surface area contributed by atoms with Crippen molar-refractivity contribution < 1.29 is 14.3 Å². The molecule has 0 aliphatic rings. The molecule has 0 saturated heterocycles. The van der Waals surface area contributed by atoms with Gasteiger partial charge in [0.2, 0.25) is 5.91 Å². The number of hydrogen-bond donors (Lipinski definition) is 2. The van der Waals surface area contributed by atoms with Crippen LogP contribution < -0.4 is 5.32 Å².